The van der Waals surface area contributed by atoms with Crippen LogP contribution >= 0.6 is 22.9 Å². The number of nitrogens with one attached hydrogen (secondary N) is 1. The zero-order valence-electron chi connectivity index (χ0n) is 19.6. The molecule has 188 valence electrons. The second-order valence-electron chi connectivity index (χ2n) is 8.46. The van der Waals surface area contributed by atoms with Gasteiger partial charge in [0, 0.05) is 31.1 Å². The molecule has 2 aromatic carbocycles. The Kier molecular flexibility index (Phi) is 8.77. The topological polar surface area (TPSA) is 93.1 Å². The van der Waals surface area contributed by atoms with Crippen LogP contribution in [0.5, 0.6) is 0 Å². The van der Waals surface area contributed by atoms with Crippen molar-refractivity contribution in [3.8, 4) is 0 Å². The van der Waals surface area contributed by atoms with Crippen LogP contribution in [0.15, 0.2) is 66.0 Å². The third-order valence-electron chi connectivity index (χ3n) is 5.98. The molecule has 1 aliphatic heterocycles. The Morgan fingerprint density at radius 2 is 1.61 bits per heavy atom. The second-order valence-corrected chi connectivity index (χ2v) is 9.86. The van der Waals surface area contributed by atoms with Gasteiger partial charge in [-0.1, -0.05) is 66.2 Å². The Labute approximate surface area is 219 Å². The lowest BCUT2D eigenvalue weighted by atomic mass is 10.1. The number of rotatable bonds is 8. The van der Waals surface area contributed by atoms with E-state index in [0.29, 0.717) is 31.2 Å². The van der Waals surface area contributed by atoms with Gasteiger partial charge in [0.25, 0.3) is 11.8 Å². The van der Waals surface area contributed by atoms with Crippen LogP contribution in [0.25, 0.3) is 12.2 Å². The molecule has 1 aromatic heterocycles. The molecule has 2 amide bonds. The summed E-state index contributed by atoms with van der Waals surface area (Å²) in [7, 11) is 0. The van der Waals surface area contributed by atoms with Gasteiger partial charge in [-0.05, 0) is 34.7 Å². The van der Waals surface area contributed by atoms with E-state index in [-0.39, 0.29) is 6.54 Å². The van der Waals surface area contributed by atoms with Crippen LogP contribution in [0.4, 0.5) is 5.69 Å². The van der Waals surface area contributed by atoms with Crippen LogP contribution in [0.2, 0.25) is 5.02 Å². The number of anilines is 1. The first-order chi connectivity index (χ1) is 17.4. The monoisotopic (exact) mass is 525 g/mol. The minimum Gasteiger partial charge on any atom is -0.380 e. The van der Waals surface area contributed by atoms with Gasteiger partial charge in [0.05, 0.1) is 17.3 Å². The molecule has 3 aromatic rings. The number of hydrogen-bond donors (Lipinski definition) is 3. The number of aliphatic hydroxyl groups is 2. The van der Waals surface area contributed by atoms with E-state index in [4.69, 9.17) is 11.6 Å². The summed E-state index contributed by atoms with van der Waals surface area (Å²) >= 11 is 7.73. The summed E-state index contributed by atoms with van der Waals surface area (Å²) in [6, 6.07) is 19.3. The molecular formula is C27H28ClN3O4S. The summed E-state index contributed by atoms with van der Waals surface area (Å²) < 4.78 is 0. The van der Waals surface area contributed by atoms with Crippen molar-refractivity contribution >= 4 is 52.6 Å². The van der Waals surface area contributed by atoms with Crippen LogP contribution in [0.3, 0.4) is 0 Å². The lowest BCUT2D eigenvalue weighted by Crippen LogP contribution is -2.55. The lowest BCUT2D eigenvalue weighted by molar-refractivity contribution is -0.153. The van der Waals surface area contributed by atoms with Gasteiger partial charge in [-0.2, -0.15) is 0 Å². The van der Waals surface area contributed by atoms with Crippen molar-refractivity contribution < 1.29 is 19.8 Å². The van der Waals surface area contributed by atoms with Crippen LogP contribution in [0, 0.1) is 0 Å². The van der Waals surface area contributed by atoms with Crippen LogP contribution < -0.4 is 10.2 Å². The average Bonchev–Trinajstić information content (AvgIpc) is 3.38. The summed E-state index contributed by atoms with van der Waals surface area (Å²) in [6.45, 7) is 1.96. The minimum absolute atomic E-state index is 0.192. The highest BCUT2D eigenvalue weighted by molar-refractivity contribution is 7.10. The summed E-state index contributed by atoms with van der Waals surface area (Å²) in [4.78, 5) is 29.5. The first-order valence-electron chi connectivity index (χ1n) is 11.6. The standard InChI is InChI=1S/C27H28ClN3O4S/c28-22-8-4-5-9-23(22)30-12-14-31(15-13-30)27(35)25(33)24(32)26(34)29-17-21-16-20(18-36-21)11-10-19-6-2-1-3-7-19/h1-11,16,18,24-25,32-33H,12-15,17H2,(H,29,34)/b11-10+/t24-,25-/m1/s1. The molecule has 2 atom stereocenters. The number of thiophene rings is 1. The van der Waals surface area contributed by atoms with E-state index in [0.717, 1.165) is 21.7 Å². The van der Waals surface area contributed by atoms with Crippen molar-refractivity contribution in [2.45, 2.75) is 18.8 Å². The molecule has 3 N–H and O–H groups in total. The quantitative estimate of drug-likeness (QED) is 0.420. The molecule has 0 spiro atoms. The molecule has 0 saturated carbocycles. The predicted molar refractivity (Wildman–Crippen MR) is 144 cm³/mol. The first kappa shape index (κ1) is 25.9. The maximum absolute atomic E-state index is 12.7. The van der Waals surface area contributed by atoms with E-state index in [1.165, 1.54) is 16.2 Å². The highest BCUT2D eigenvalue weighted by atomic mass is 35.5. The van der Waals surface area contributed by atoms with Gasteiger partial charge in [0.15, 0.2) is 12.2 Å². The number of nitrogens with zero attached hydrogens (tertiary/aromatic N) is 2. The number of carbonyl (C=O) groups is 2. The number of benzene rings is 2. The molecule has 0 unspecified atom stereocenters. The fourth-order valence-electron chi connectivity index (χ4n) is 3.95. The number of piperazine rings is 1. The van der Waals surface area contributed by atoms with Crippen LogP contribution in [0.1, 0.15) is 16.0 Å². The number of carbonyl (C=O) groups excluding carboxylic acids is 2. The van der Waals surface area contributed by atoms with E-state index >= 15 is 0 Å². The Morgan fingerprint density at radius 3 is 2.33 bits per heavy atom. The third kappa shape index (κ3) is 6.53. The minimum atomic E-state index is -1.85. The van der Waals surface area contributed by atoms with Crippen LogP contribution in [-0.2, 0) is 16.1 Å². The van der Waals surface area contributed by atoms with Gasteiger partial charge in [0.1, 0.15) is 0 Å². The molecule has 0 radical (unpaired) electrons. The molecular weight excluding hydrogens is 498 g/mol. The molecule has 0 bridgehead atoms. The fraction of sp³-hybridized carbons (Fsp3) is 0.259. The summed E-state index contributed by atoms with van der Waals surface area (Å²) in [6.07, 6.45) is 0.311. The van der Waals surface area contributed by atoms with Crippen molar-refractivity contribution in [2.75, 3.05) is 31.1 Å². The molecule has 36 heavy (non-hydrogen) atoms. The summed E-state index contributed by atoms with van der Waals surface area (Å²) in [5.74, 6) is -1.46. The Bertz CT molecular complexity index is 1210. The number of halogens is 1. The van der Waals surface area contributed by atoms with Gasteiger partial charge in [-0.3, -0.25) is 9.59 Å². The maximum atomic E-state index is 12.7. The predicted octanol–water partition coefficient (Wildman–Crippen LogP) is 3.26. The summed E-state index contributed by atoms with van der Waals surface area (Å²) in [5, 5.41) is 25.9. The van der Waals surface area contributed by atoms with Gasteiger partial charge < -0.3 is 25.3 Å². The van der Waals surface area contributed by atoms with Crippen molar-refractivity contribution in [1.29, 1.82) is 0 Å². The number of amides is 2. The first-order valence-corrected chi connectivity index (χ1v) is 12.9. The number of para-hydroxylation sites is 1. The number of aliphatic hydroxyl groups excluding tert-OH is 2. The zero-order chi connectivity index (χ0) is 25.5. The zero-order valence-corrected chi connectivity index (χ0v) is 21.2. The average molecular weight is 526 g/mol. The normalized spacial score (nSPS) is 15.6. The molecule has 1 aliphatic rings. The largest absolute Gasteiger partial charge is 0.380 e. The Hall–Kier alpha value is -3.17. The molecule has 9 heteroatoms. The van der Waals surface area contributed by atoms with Crippen molar-refractivity contribution in [3.05, 3.63) is 87.1 Å². The molecule has 2 heterocycles. The smallest absolute Gasteiger partial charge is 0.254 e. The highest BCUT2D eigenvalue weighted by Crippen LogP contribution is 2.26. The van der Waals surface area contributed by atoms with Gasteiger partial charge >= 0.3 is 0 Å². The van der Waals surface area contributed by atoms with Crippen molar-refractivity contribution in [2.24, 2.45) is 0 Å². The molecule has 1 saturated heterocycles. The fourth-order valence-corrected chi connectivity index (χ4v) is 5.00. The Morgan fingerprint density at radius 1 is 0.944 bits per heavy atom. The molecule has 7 nitrogen and oxygen atoms in total. The maximum Gasteiger partial charge on any atom is 0.254 e. The highest BCUT2D eigenvalue weighted by Gasteiger charge is 2.34. The molecule has 4 rings (SSSR count). The van der Waals surface area contributed by atoms with E-state index in [1.807, 2.05) is 78.2 Å². The van der Waals surface area contributed by atoms with Gasteiger partial charge in [-0.15, -0.1) is 11.3 Å². The third-order valence-corrected chi connectivity index (χ3v) is 7.26. The Balaban J connectivity index is 1.24. The van der Waals surface area contributed by atoms with E-state index in [2.05, 4.69) is 10.2 Å². The van der Waals surface area contributed by atoms with Crippen molar-refractivity contribution in [1.82, 2.24) is 10.2 Å². The molecule has 0 aliphatic carbocycles. The number of hydrogen-bond acceptors (Lipinski definition) is 6. The van der Waals surface area contributed by atoms with Crippen molar-refractivity contribution in [3.63, 3.8) is 0 Å². The molecule has 1 fully saturated rings. The summed E-state index contributed by atoms with van der Waals surface area (Å²) in [5.41, 5.74) is 2.98. The van der Waals surface area contributed by atoms with E-state index < -0.39 is 24.0 Å². The second kappa shape index (κ2) is 12.2. The van der Waals surface area contributed by atoms with E-state index in [1.54, 1.807) is 0 Å². The lowest BCUT2D eigenvalue weighted by Gasteiger charge is -2.37. The van der Waals surface area contributed by atoms with E-state index in [9.17, 15) is 19.8 Å². The SMILES string of the molecule is O=C(NCc1cc(/C=C/c2ccccc2)cs1)[C@H](O)[C@@H](O)C(=O)N1CCN(c2ccccc2Cl)CC1. The van der Waals surface area contributed by atoms with Gasteiger partial charge in [0.2, 0.25) is 0 Å². The van der Waals surface area contributed by atoms with Gasteiger partial charge in [-0.25, -0.2) is 0 Å². The van der Waals surface area contributed by atoms with Crippen LogP contribution in [-0.4, -0.2) is 65.3 Å².